The molecular formula is C20H11N7O. The summed E-state index contributed by atoms with van der Waals surface area (Å²) >= 11 is 0. The Labute approximate surface area is 157 Å². The minimum atomic E-state index is 0.473. The van der Waals surface area contributed by atoms with Gasteiger partial charge in [-0.3, -0.25) is 0 Å². The van der Waals surface area contributed by atoms with E-state index in [4.69, 9.17) is 4.42 Å². The van der Waals surface area contributed by atoms with Crippen LogP contribution in [0.3, 0.4) is 0 Å². The number of rotatable bonds is 2. The molecule has 0 aliphatic rings. The van der Waals surface area contributed by atoms with Gasteiger partial charge in [0.2, 0.25) is 5.71 Å². The van der Waals surface area contributed by atoms with Crippen LogP contribution in [0.2, 0.25) is 0 Å². The molecule has 8 heteroatoms. The number of hydrogen-bond donors (Lipinski definition) is 1. The number of nitrogens with one attached hydrogen (secondary N) is 1. The molecule has 6 aromatic rings. The van der Waals surface area contributed by atoms with E-state index in [1.54, 1.807) is 24.8 Å². The zero-order valence-electron chi connectivity index (χ0n) is 14.4. The Morgan fingerprint density at radius 1 is 0.857 bits per heavy atom. The average molecular weight is 365 g/mol. The van der Waals surface area contributed by atoms with Crippen molar-refractivity contribution in [3.63, 3.8) is 0 Å². The van der Waals surface area contributed by atoms with Gasteiger partial charge in [0.05, 0.1) is 24.1 Å². The summed E-state index contributed by atoms with van der Waals surface area (Å²) in [7, 11) is 0. The third kappa shape index (κ3) is 2.32. The molecule has 0 aliphatic heterocycles. The van der Waals surface area contributed by atoms with Gasteiger partial charge in [0, 0.05) is 28.6 Å². The minimum absolute atomic E-state index is 0.473. The number of imidazole rings is 1. The number of H-pyrrole nitrogens is 1. The van der Waals surface area contributed by atoms with Crippen molar-refractivity contribution in [3.05, 3.63) is 61.2 Å². The summed E-state index contributed by atoms with van der Waals surface area (Å²) in [5.41, 5.74) is 4.19. The van der Waals surface area contributed by atoms with Crippen molar-refractivity contribution in [2.45, 2.75) is 0 Å². The van der Waals surface area contributed by atoms with Crippen molar-refractivity contribution in [2.24, 2.45) is 0 Å². The highest BCUT2D eigenvalue weighted by Gasteiger charge is 2.13. The fourth-order valence-electron chi connectivity index (χ4n) is 3.19. The van der Waals surface area contributed by atoms with E-state index in [1.807, 2.05) is 36.4 Å². The van der Waals surface area contributed by atoms with E-state index in [2.05, 4.69) is 35.1 Å². The van der Waals surface area contributed by atoms with Gasteiger partial charge in [0.15, 0.2) is 11.5 Å². The third-order valence-corrected chi connectivity index (χ3v) is 4.57. The maximum absolute atomic E-state index is 5.90. The second-order valence-electron chi connectivity index (χ2n) is 6.35. The lowest BCUT2D eigenvalue weighted by Crippen LogP contribution is -1.87. The lowest BCUT2D eigenvalue weighted by Gasteiger charge is -1.99. The lowest BCUT2D eigenvalue weighted by atomic mass is 10.1. The molecule has 0 spiro atoms. The van der Waals surface area contributed by atoms with E-state index in [-0.39, 0.29) is 0 Å². The molecule has 0 atom stereocenters. The minimum Gasteiger partial charge on any atom is -0.436 e. The Morgan fingerprint density at radius 2 is 1.79 bits per heavy atom. The number of aromatic amines is 1. The van der Waals surface area contributed by atoms with E-state index in [9.17, 15) is 0 Å². The Kier molecular flexibility index (Phi) is 3.01. The molecule has 6 rings (SSSR count). The quantitative estimate of drug-likeness (QED) is 0.498. The van der Waals surface area contributed by atoms with Crippen LogP contribution in [0.5, 0.6) is 0 Å². The topological polar surface area (TPSA) is 106 Å². The highest BCUT2D eigenvalue weighted by atomic mass is 16.3. The highest BCUT2D eigenvalue weighted by molar-refractivity contribution is 5.87. The summed E-state index contributed by atoms with van der Waals surface area (Å²) in [5, 5.41) is 9.84. The number of nitrogens with zero attached hydrogens (tertiary/aromatic N) is 6. The average Bonchev–Trinajstić information content (AvgIpc) is 3.37. The van der Waals surface area contributed by atoms with Gasteiger partial charge in [0.1, 0.15) is 17.0 Å². The summed E-state index contributed by atoms with van der Waals surface area (Å²) in [6, 6.07) is 11.6. The standard InChI is InChI=1S/C20H11N7O/c1-2-14-18(21-5-1)27-19(26-14)16-10-22-20-15(25-16)7-17(28-20)11-3-4-12-8-23-24-9-13(12)6-11/h1-10H,(H,21,26,27). The zero-order chi connectivity index (χ0) is 18.5. The van der Waals surface area contributed by atoms with Gasteiger partial charge in [-0.1, -0.05) is 12.1 Å². The number of pyridine rings is 1. The van der Waals surface area contributed by atoms with Crippen LogP contribution in [-0.2, 0) is 0 Å². The predicted molar refractivity (Wildman–Crippen MR) is 103 cm³/mol. The van der Waals surface area contributed by atoms with Crippen LogP contribution < -0.4 is 0 Å². The molecule has 1 aromatic carbocycles. The van der Waals surface area contributed by atoms with Gasteiger partial charge in [-0.25, -0.2) is 19.9 Å². The second kappa shape index (κ2) is 5.65. The maximum Gasteiger partial charge on any atom is 0.245 e. The van der Waals surface area contributed by atoms with E-state index in [0.717, 1.165) is 21.9 Å². The van der Waals surface area contributed by atoms with Gasteiger partial charge in [-0.05, 0) is 18.2 Å². The molecule has 0 bridgehead atoms. The van der Waals surface area contributed by atoms with Crippen molar-refractivity contribution in [2.75, 3.05) is 0 Å². The van der Waals surface area contributed by atoms with Crippen LogP contribution >= 0.6 is 0 Å². The number of fused-ring (bicyclic) bond motifs is 3. The van der Waals surface area contributed by atoms with Gasteiger partial charge in [-0.15, -0.1) is 0 Å². The first-order valence-corrected chi connectivity index (χ1v) is 8.62. The molecule has 132 valence electrons. The number of furan rings is 1. The molecule has 0 saturated carbocycles. The Bertz CT molecular complexity index is 1450. The predicted octanol–water partition coefficient (Wildman–Crippen LogP) is 3.77. The van der Waals surface area contributed by atoms with Crippen LogP contribution in [-0.4, -0.2) is 35.1 Å². The highest BCUT2D eigenvalue weighted by Crippen LogP contribution is 2.29. The van der Waals surface area contributed by atoms with Crippen LogP contribution in [0.1, 0.15) is 0 Å². The zero-order valence-corrected chi connectivity index (χ0v) is 14.4. The molecule has 0 fully saturated rings. The van der Waals surface area contributed by atoms with Crippen molar-refractivity contribution in [1.29, 1.82) is 0 Å². The first-order chi connectivity index (χ1) is 13.8. The molecule has 5 heterocycles. The van der Waals surface area contributed by atoms with Gasteiger partial charge < -0.3 is 9.40 Å². The fraction of sp³-hybridized carbons (Fsp3) is 0. The van der Waals surface area contributed by atoms with E-state index >= 15 is 0 Å². The summed E-state index contributed by atoms with van der Waals surface area (Å²) in [4.78, 5) is 21.0. The largest absolute Gasteiger partial charge is 0.436 e. The fourth-order valence-corrected chi connectivity index (χ4v) is 3.19. The Balaban J connectivity index is 1.45. The number of aromatic nitrogens is 7. The molecule has 0 unspecified atom stereocenters. The third-order valence-electron chi connectivity index (χ3n) is 4.57. The molecule has 0 aliphatic carbocycles. The van der Waals surface area contributed by atoms with E-state index in [1.165, 1.54) is 0 Å². The number of benzene rings is 1. The summed E-state index contributed by atoms with van der Waals surface area (Å²) < 4.78 is 5.90. The van der Waals surface area contributed by atoms with Crippen LogP contribution in [0, 0.1) is 0 Å². The molecule has 0 amide bonds. The molecule has 28 heavy (non-hydrogen) atoms. The van der Waals surface area contributed by atoms with E-state index < -0.39 is 0 Å². The first-order valence-electron chi connectivity index (χ1n) is 8.62. The molecule has 8 nitrogen and oxygen atoms in total. The van der Waals surface area contributed by atoms with Crippen molar-refractivity contribution >= 4 is 33.2 Å². The Hall–Kier alpha value is -4.20. The van der Waals surface area contributed by atoms with Crippen molar-refractivity contribution < 1.29 is 4.42 Å². The van der Waals surface area contributed by atoms with Crippen molar-refractivity contribution in [1.82, 2.24) is 35.1 Å². The summed E-state index contributed by atoms with van der Waals surface area (Å²) in [6.45, 7) is 0. The number of hydrogen-bond acceptors (Lipinski definition) is 7. The molecule has 0 radical (unpaired) electrons. The molecule has 5 aromatic heterocycles. The lowest BCUT2D eigenvalue weighted by molar-refractivity contribution is 0.618. The first kappa shape index (κ1) is 14.9. The summed E-state index contributed by atoms with van der Waals surface area (Å²) in [6.07, 6.45) is 6.81. The monoisotopic (exact) mass is 365 g/mol. The smallest absolute Gasteiger partial charge is 0.245 e. The molecule has 0 saturated heterocycles. The SMILES string of the molecule is c1cnc2nc(-c3cnc4oc(-c5ccc6cnncc6c5)cc4n3)[nH]c2c1. The van der Waals surface area contributed by atoms with Gasteiger partial charge >= 0.3 is 0 Å². The molecule has 1 N–H and O–H groups in total. The molecular weight excluding hydrogens is 354 g/mol. The Morgan fingerprint density at radius 3 is 2.71 bits per heavy atom. The van der Waals surface area contributed by atoms with Gasteiger partial charge in [-0.2, -0.15) is 10.2 Å². The van der Waals surface area contributed by atoms with Crippen LogP contribution in [0.25, 0.3) is 56.0 Å². The van der Waals surface area contributed by atoms with Crippen LogP contribution in [0.4, 0.5) is 0 Å². The van der Waals surface area contributed by atoms with Crippen molar-refractivity contribution in [3.8, 4) is 22.8 Å². The normalized spacial score (nSPS) is 11.6. The van der Waals surface area contributed by atoms with Gasteiger partial charge in [0.25, 0.3) is 0 Å². The second-order valence-corrected chi connectivity index (χ2v) is 6.35. The maximum atomic E-state index is 5.90. The summed E-state index contributed by atoms with van der Waals surface area (Å²) in [5.74, 6) is 1.31. The van der Waals surface area contributed by atoms with E-state index in [0.29, 0.717) is 34.2 Å². The van der Waals surface area contributed by atoms with Crippen LogP contribution in [0.15, 0.2) is 65.6 Å².